The molecule has 1 aromatic carbocycles. The van der Waals surface area contributed by atoms with Crippen LogP contribution in [0.15, 0.2) is 12.1 Å². The van der Waals surface area contributed by atoms with Crippen molar-refractivity contribution < 1.29 is 9.50 Å². The second kappa shape index (κ2) is 3.48. The van der Waals surface area contributed by atoms with Gasteiger partial charge in [-0.05, 0) is 17.2 Å². The molecule has 0 saturated heterocycles. The summed E-state index contributed by atoms with van der Waals surface area (Å²) in [6, 6.07) is 2.92. The third-order valence-corrected chi connectivity index (χ3v) is 3.57. The van der Waals surface area contributed by atoms with Crippen molar-refractivity contribution in [2.45, 2.75) is 11.9 Å². The van der Waals surface area contributed by atoms with Gasteiger partial charge < -0.3 is 5.11 Å². The highest BCUT2D eigenvalue weighted by atomic mass is 35.5. The number of hydrogen-bond donors (Lipinski definition) is 1. The van der Waals surface area contributed by atoms with Gasteiger partial charge in [0.05, 0.1) is 11.1 Å². The molecule has 0 radical (unpaired) electrons. The Balaban J connectivity index is 2.56. The Morgan fingerprint density at radius 2 is 2.31 bits per heavy atom. The molecule has 1 heterocycles. The summed E-state index contributed by atoms with van der Waals surface area (Å²) in [7, 11) is 0. The lowest BCUT2D eigenvalue weighted by atomic mass is 10.0. The van der Waals surface area contributed by atoms with Gasteiger partial charge in [0.25, 0.3) is 0 Å². The van der Waals surface area contributed by atoms with Gasteiger partial charge in [-0.2, -0.15) is 11.8 Å². The quantitative estimate of drug-likeness (QED) is 0.723. The first-order chi connectivity index (χ1) is 6.20. The average Bonchev–Trinajstić information content (AvgIpc) is 2.12. The van der Waals surface area contributed by atoms with E-state index in [0.29, 0.717) is 11.5 Å². The van der Waals surface area contributed by atoms with Crippen LogP contribution >= 0.6 is 23.4 Å². The number of halogens is 2. The summed E-state index contributed by atoms with van der Waals surface area (Å²) >= 11 is 7.34. The van der Waals surface area contributed by atoms with Gasteiger partial charge in [0, 0.05) is 11.5 Å². The van der Waals surface area contributed by atoms with Crippen molar-refractivity contribution in [3.8, 4) is 0 Å². The average molecular weight is 219 g/mol. The van der Waals surface area contributed by atoms with Crippen LogP contribution in [0.3, 0.4) is 0 Å². The van der Waals surface area contributed by atoms with E-state index in [4.69, 9.17) is 11.6 Å². The molecule has 70 valence electrons. The molecule has 0 bridgehead atoms. The van der Waals surface area contributed by atoms with Gasteiger partial charge in [-0.3, -0.25) is 0 Å². The zero-order valence-corrected chi connectivity index (χ0v) is 8.33. The second-order valence-corrected chi connectivity index (χ2v) is 4.37. The fraction of sp³-hybridized carbons (Fsp3) is 0.333. The van der Waals surface area contributed by atoms with Gasteiger partial charge in [-0.15, -0.1) is 0 Å². The predicted octanol–water partition coefficient (Wildman–Crippen LogP) is 2.76. The lowest BCUT2D eigenvalue weighted by Gasteiger charge is -2.21. The van der Waals surface area contributed by atoms with E-state index in [-0.39, 0.29) is 5.02 Å². The van der Waals surface area contributed by atoms with E-state index in [1.165, 1.54) is 6.07 Å². The van der Waals surface area contributed by atoms with Crippen molar-refractivity contribution in [2.24, 2.45) is 0 Å². The van der Waals surface area contributed by atoms with Crippen molar-refractivity contribution in [3.05, 3.63) is 34.1 Å². The first-order valence-electron chi connectivity index (χ1n) is 3.92. The van der Waals surface area contributed by atoms with Gasteiger partial charge in [0.2, 0.25) is 0 Å². The van der Waals surface area contributed by atoms with Crippen molar-refractivity contribution in [1.82, 2.24) is 0 Å². The molecule has 1 unspecified atom stereocenters. The molecule has 1 N–H and O–H groups in total. The Hall–Kier alpha value is -0.250. The third-order valence-electron chi connectivity index (χ3n) is 2.11. The molecule has 0 fully saturated rings. The summed E-state index contributed by atoms with van der Waals surface area (Å²) in [5.74, 6) is 0.938. The lowest BCUT2D eigenvalue weighted by molar-refractivity contribution is 0.201. The summed E-state index contributed by atoms with van der Waals surface area (Å²) in [4.78, 5) is 0. The van der Waals surface area contributed by atoms with E-state index in [9.17, 15) is 9.50 Å². The van der Waals surface area contributed by atoms with Crippen LogP contribution < -0.4 is 0 Å². The highest BCUT2D eigenvalue weighted by molar-refractivity contribution is 7.98. The molecular formula is C9H8ClFOS. The van der Waals surface area contributed by atoms with Crippen molar-refractivity contribution >= 4 is 23.4 Å². The highest BCUT2D eigenvalue weighted by Gasteiger charge is 2.21. The molecule has 0 aromatic heterocycles. The van der Waals surface area contributed by atoms with Crippen LogP contribution in [-0.4, -0.2) is 10.9 Å². The maximum Gasteiger partial charge on any atom is 0.142 e. The highest BCUT2D eigenvalue weighted by Crippen LogP contribution is 2.36. The standard InChI is InChI=1S/C9H8ClFOS/c10-9-6-3-13-4-8(12)5(6)1-2-7(9)11/h1-2,8,12H,3-4H2. The van der Waals surface area contributed by atoms with Crippen molar-refractivity contribution in [1.29, 1.82) is 0 Å². The summed E-state index contributed by atoms with van der Waals surface area (Å²) in [6.45, 7) is 0. The van der Waals surface area contributed by atoms with Gasteiger partial charge in [0.1, 0.15) is 5.82 Å². The van der Waals surface area contributed by atoms with Crippen LogP contribution in [0.1, 0.15) is 17.2 Å². The lowest BCUT2D eigenvalue weighted by Crippen LogP contribution is -2.10. The topological polar surface area (TPSA) is 20.2 Å². The number of thioether (sulfide) groups is 1. The summed E-state index contributed by atoms with van der Waals surface area (Å²) in [5, 5.41) is 9.73. The number of benzene rings is 1. The number of rotatable bonds is 0. The van der Waals surface area contributed by atoms with Crippen LogP contribution in [0.4, 0.5) is 4.39 Å². The Kier molecular flexibility index (Phi) is 2.49. The van der Waals surface area contributed by atoms with Gasteiger partial charge in [0.15, 0.2) is 0 Å². The van der Waals surface area contributed by atoms with Crippen LogP contribution in [0.25, 0.3) is 0 Å². The fourth-order valence-corrected chi connectivity index (χ4v) is 2.78. The van der Waals surface area contributed by atoms with E-state index >= 15 is 0 Å². The summed E-state index contributed by atoms with van der Waals surface area (Å²) < 4.78 is 13.0. The van der Waals surface area contributed by atoms with Gasteiger partial charge in [-0.25, -0.2) is 4.39 Å². The first kappa shape index (κ1) is 9.31. The summed E-state index contributed by atoms with van der Waals surface area (Å²) in [5.41, 5.74) is 1.51. The molecule has 1 aromatic rings. The van der Waals surface area contributed by atoms with Crippen LogP contribution in [0.5, 0.6) is 0 Å². The molecule has 13 heavy (non-hydrogen) atoms. The fourth-order valence-electron chi connectivity index (χ4n) is 1.43. The Morgan fingerprint density at radius 3 is 3.08 bits per heavy atom. The maximum absolute atomic E-state index is 13.0. The van der Waals surface area contributed by atoms with Gasteiger partial charge in [-0.1, -0.05) is 17.7 Å². The smallest absolute Gasteiger partial charge is 0.142 e. The van der Waals surface area contributed by atoms with E-state index < -0.39 is 11.9 Å². The normalized spacial score (nSPS) is 21.3. The van der Waals surface area contributed by atoms with E-state index in [2.05, 4.69) is 0 Å². The maximum atomic E-state index is 13.0. The van der Waals surface area contributed by atoms with Crippen LogP contribution in [0.2, 0.25) is 5.02 Å². The molecular weight excluding hydrogens is 211 g/mol. The molecule has 1 atom stereocenters. The molecule has 1 aliphatic rings. The van der Waals surface area contributed by atoms with E-state index in [1.54, 1.807) is 17.8 Å². The molecule has 0 amide bonds. The number of hydrogen-bond acceptors (Lipinski definition) is 2. The minimum atomic E-state index is -0.508. The number of aliphatic hydroxyl groups is 1. The SMILES string of the molecule is OC1CSCc2c1ccc(F)c2Cl. The Bertz CT molecular complexity index is 343. The Labute approximate surface area is 84.9 Å². The van der Waals surface area contributed by atoms with Gasteiger partial charge >= 0.3 is 0 Å². The molecule has 0 spiro atoms. The zero-order chi connectivity index (χ0) is 9.42. The minimum Gasteiger partial charge on any atom is -0.388 e. The minimum absolute atomic E-state index is 0.156. The predicted molar refractivity (Wildman–Crippen MR) is 52.5 cm³/mol. The molecule has 2 rings (SSSR count). The number of aliphatic hydroxyl groups excluding tert-OH is 1. The zero-order valence-electron chi connectivity index (χ0n) is 6.76. The molecule has 1 nitrogen and oxygen atoms in total. The summed E-state index contributed by atoms with van der Waals surface area (Å²) in [6.07, 6.45) is -0.508. The van der Waals surface area contributed by atoms with E-state index in [1.807, 2.05) is 0 Å². The van der Waals surface area contributed by atoms with Crippen molar-refractivity contribution in [2.75, 3.05) is 5.75 Å². The largest absolute Gasteiger partial charge is 0.388 e. The van der Waals surface area contributed by atoms with Crippen LogP contribution in [0, 0.1) is 5.82 Å². The third kappa shape index (κ3) is 1.56. The number of fused-ring (bicyclic) bond motifs is 1. The molecule has 1 aliphatic heterocycles. The van der Waals surface area contributed by atoms with Crippen LogP contribution in [-0.2, 0) is 5.75 Å². The van der Waals surface area contributed by atoms with E-state index in [0.717, 1.165) is 11.1 Å². The molecule has 0 aliphatic carbocycles. The molecule has 0 saturated carbocycles. The Morgan fingerprint density at radius 1 is 1.54 bits per heavy atom. The van der Waals surface area contributed by atoms with Crippen molar-refractivity contribution in [3.63, 3.8) is 0 Å². The first-order valence-corrected chi connectivity index (χ1v) is 5.46. The second-order valence-electron chi connectivity index (χ2n) is 2.96. The molecule has 4 heteroatoms. The monoisotopic (exact) mass is 218 g/mol.